The van der Waals surface area contributed by atoms with Crippen LogP contribution >= 0.6 is 0 Å². The molecule has 0 fully saturated rings. The van der Waals surface area contributed by atoms with E-state index in [0.717, 1.165) is 125 Å². The van der Waals surface area contributed by atoms with E-state index in [1.165, 1.54) is 0 Å². The van der Waals surface area contributed by atoms with Gasteiger partial charge in [-0.2, -0.15) is 0 Å². The predicted octanol–water partition coefficient (Wildman–Crippen LogP) is 14.5. The largest absolute Gasteiger partial charge is 0.456 e. The van der Waals surface area contributed by atoms with Crippen LogP contribution in [-0.4, -0.2) is 9.55 Å². The SMILES string of the molecule is C#C.C#CCC=C=c1/c(=C(\C)N(/C(C)=C/C=C\C)c2ccccc2C)c(C)c(C=C)n1-c1cc(C2=CC3=C=C(C=C2)Oc2ccccc23)nc(-c2ccc3oc4c(c3c2)CC=CC=C4)c1.C=CCC. The predicted molar refractivity (Wildman–Crippen MR) is 292 cm³/mol. The molecule has 4 heterocycles. The van der Waals surface area contributed by atoms with Crippen molar-refractivity contribution in [2.75, 3.05) is 4.90 Å². The third-order valence-electron chi connectivity index (χ3n) is 12.0. The average molecular weight is 900 g/mol. The van der Waals surface area contributed by atoms with E-state index in [1.54, 1.807) is 0 Å². The van der Waals surface area contributed by atoms with Crippen molar-refractivity contribution in [3.8, 4) is 47.9 Å². The number of allylic oxidation sites excluding steroid dienone is 13. The first-order valence-electron chi connectivity index (χ1n) is 23.1. The number of hydrogen-bond donors (Lipinski definition) is 0. The molecular formula is C64H57N3O2. The highest BCUT2D eigenvalue weighted by molar-refractivity contribution is 5.92. The van der Waals surface area contributed by atoms with Crippen molar-refractivity contribution in [3.63, 3.8) is 0 Å². The van der Waals surface area contributed by atoms with Crippen LogP contribution in [0.1, 0.15) is 79.9 Å². The van der Waals surface area contributed by atoms with Gasteiger partial charge in [0.15, 0.2) is 5.76 Å². The molecule has 0 saturated heterocycles. The summed E-state index contributed by atoms with van der Waals surface area (Å²) in [6, 6.07) is 27.2. The molecular weight excluding hydrogens is 843 g/mol. The van der Waals surface area contributed by atoms with E-state index < -0.39 is 0 Å². The summed E-state index contributed by atoms with van der Waals surface area (Å²) in [5.41, 5.74) is 21.8. The van der Waals surface area contributed by atoms with E-state index in [-0.39, 0.29) is 0 Å². The number of terminal acetylenes is 2. The topological polar surface area (TPSA) is 43.4 Å². The summed E-state index contributed by atoms with van der Waals surface area (Å²) in [6.45, 7) is 20.6. The lowest BCUT2D eigenvalue weighted by atomic mass is 10.00. The maximum Gasteiger partial charge on any atom is 0.170 e. The molecule has 0 unspecified atom stereocenters. The van der Waals surface area contributed by atoms with E-state index in [1.807, 2.05) is 67.7 Å². The van der Waals surface area contributed by atoms with Crippen LogP contribution in [0, 0.1) is 39.0 Å². The number of ether oxygens (including phenoxy) is 1. The van der Waals surface area contributed by atoms with Crippen LogP contribution in [0.3, 0.4) is 0 Å². The fourth-order valence-corrected chi connectivity index (χ4v) is 8.74. The number of pyridine rings is 1. The first-order chi connectivity index (χ1) is 33.7. The number of benzene rings is 3. The van der Waals surface area contributed by atoms with Gasteiger partial charge in [0.25, 0.3) is 0 Å². The molecule has 0 amide bonds. The van der Waals surface area contributed by atoms with Gasteiger partial charge in [-0.25, -0.2) is 4.98 Å². The molecule has 0 atom stereocenters. The lowest BCUT2D eigenvalue weighted by molar-refractivity contribution is 0.441. The highest BCUT2D eigenvalue weighted by Gasteiger charge is 2.23. The van der Waals surface area contributed by atoms with E-state index in [2.05, 4.69) is 185 Å². The number of aromatic nitrogens is 2. The molecule has 3 aliphatic rings. The number of nitrogens with zero attached hydrogens (tertiary/aromatic N) is 3. The van der Waals surface area contributed by atoms with Crippen LogP contribution in [0.15, 0.2) is 180 Å². The second-order valence-corrected chi connectivity index (χ2v) is 16.4. The van der Waals surface area contributed by atoms with Crippen molar-refractivity contribution in [2.24, 2.45) is 0 Å². The van der Waals surface area contributed by atoms with Gasteiger partial charge in [-0.3, -0.25) is 0 Å². The number of para-hydroxylation sites is 2. The molecule has 340 valence electrons. The maximum atomic E-state index is 6.34. The number of aryl methyl sites for hydroxylation is 1. The molecule has 0 spiro atoms. The number of hydrogen-bond acceptors (Lipinski definition) is 4. The Morgan fingerprint density at radius 1 is 0.957 bits per heavy atom. The molecule has 2 bridgehead atoms. The fraction of sp³-hybridized carbons (Fsp3) is 0.141. The van der Waals surface area contributed by atoms with Gasteiger partial charge in [-0.05, 0) is 150 Å². The Morgan fingerprint density at radius 3 is 2.48 bits per heavy atom. The molecule has 0 radical (unpaired) electrons. The Morgan fingerprint density at radius 2 is 1.72 bits per heavy atom. The van der Waals surface area contributed by atoms with E-state index in [4.69, 9.17) is 20.6 Å². The highest BCUT2D eigenvalue weighted by atomic mass is 16.5. The Bertz CT molecular complexity index is 3490. The summed E-state index contributed by atoms with van der Waals surface area (Å²) < 4.78 is 14.8. The minimum Gasteiger partial charge on any atom is -0.456 e. The molecule has 6 aromatic rings. The summed E-state index contributed by atoms with van der Waals surface area (Å²) in [4.78, 5) is 7.78. The van der Waals surface area contributed by atoms with Gasteiger partial charge >= 0.3 is 0 Å². The summed E-state index contributed by atoms with van der Waals surface area (Å²) in [5.74, 6) is 5.12. The van der Waals surface area contributed by atoms with Gasteiger partial charge in [0.05, 0.1) is 22.4 Å². The van der Waals surface area contributed by atoms with Crippen molar-refractivity contribution in [1.29, 1.82) is 0 Å². The summed E-state index contributed by atoms with van der Waals surface area (Å²) in [6.07, 6.45) is 42.6. The zero-order valence-corrected chi connectivity index (χ0v) is 40.4. The summed E-state index contributed by atoms with van der Waals surface area (Å²) in [5, 5.41) is 2.96. The highest BCUT2D eigenvalue weighted by Crippen LogP contribution is 2.38. The van der Waals surface area contributed by atoms with Crippen LogP contribution in [0.4, 0.5) is 5.69 Å². The van der Waals surface area contributed by atoms with Gasteiger partial charge in [-0.15, -0.1) is 31.8 Å². The second kappa shape index (κ2) is 22.2. The van der Waals surface area contributed by atoms with Gasteiger partial charge in [0, 0.05) is 67.6 Å². The molecule has 3 aromatic carbocycles. The first kappa shape index (κ1) is 48.2. The van der Waals surface area contributed by atoms with Gasteiger partial charge in [0.1, 0.15) is 17.1 Å². The first-order valence-corrected chi connectivity index (χ1v) is 23.1. The van der Waals surface area contributed by atoms with Crippen LogP contribution < -0.4 is 20.2 Å². The molecule has 9 rings (SSSR count). The summed E-state index contributed by atoms with van der Waals surface area (Å²) >= 11 is 0. The Hall–Kier alpha value is -8.69. The van der Waals surface area contributed by atoms with Gasteiger partial charge in [-0.1, -0.05) is 91.8 Å². The molecule has 5 heteroatoms. The Balaban J connectivity index is 0.00000112. The minimum atomic E-state index is 0.422. The zero-order chi connectivity index (χ0) is 49.0. The molecule has 3 aromatic heterocycles. The van der Waals surface area contributed by atoms with Crippen molar-refractivity contribution >= 4 is 51.4 Å². The fourth-order valence-electron chi connectivity index (χ4n) is 8.74. The van der Waals surface area contributed by atoms with Crippen LogP contribution in [-0.2, 0) is 6.42 Å². The number of anilines is 1. The van der Waals surface area contributed by atoms with E-state index >= 15 is 0 Å². The third-order valence-corrected chi connectivity index (χ3v) is 12.0. The van der Waals surface area contributed by atoms with Crippen molar-refractivity contribution in [2.45, 2.75) is 60.8 Å². The van der Waals surface area contributed by atoms with Crippen molar-refractivity contribution in [3.05, 3.63) is 226 Å². The zero-order valence-electron chi connectivity index (χ0n) is 40.4. The van der Waals surface area contributed by atoms with Gasteiger partial charge < -0.3 is 18.6 Å². The quantitative estimate of drug-likeness (QED) is 0.0595. The van der Waals surface area contributed by atoms with Crippen LogP contribution in [0.2, 0.25) is 0 Å². The molecule has 0 N–H and O–H groups in total. The minimum absolute atomic E-state index is 0.422. The van der Waals surface area contributed by atoms with E-state index in [9.17, 15) is 0 Å². The number of fused-ring (bicyclic) bond motifs is 5. The number of rotatable bonds is 10. The average Bonchev–Trinajstić information content (AvgIpc) is 3.66. The molecule has 0 saturated carbocycles. The lowest BCUT2D eigenvalue weighted by Gasteiger charge is -2.28. The molecule has 2 aliphatic carbocycles. The second-order valence-electron chi connectivity index (χ2n) is 16.4. The Kier molecular flexibility index (Phi) is 15.5. The smallest absolute Gasteiger partial charge is 0.170 e. The maximum absolute atomic E-state index is 6.34. The lowest BCUT2D eigenvalue weighted by Crippen LogP contribution is -2.35. The number of furan rings is 1. The van der Waals surface area contributed by atoms with Crippen LogP contribution in [0.25, 0.3) is 62.6 Å². The van der Waals surface area contributed by atoms with Crippen molar-refractivity contribution in [1.82, 2.24) is 9.55 Å². The van der Waals surface area contributed by atoms with Crippen LogP contribution in [0.5, 0.6) is 5.75 Å². The van der Waals surface area contributed by atoms with Crippen molar-refractivity contribution < 1.29 is 9.15 Å². The summed E-state index contributed by atoms with van der Waals surface area (Å²) in [7, 11) is 0. The standard InChI is InChI=1S/C58H47N3O2.C4H8.C2H2/c1-8-11-14-26-54-58(41(7)60(39(5)22-12-9-2)53-25-19-17-21-38(53)4)40(6)52(10-3)61(54)45-36-50(42-29-31-46-34-44(33-42)47-23-18-20-28-55(47)62-46)59-51(37-45)43-30-32-57-49(35-43)48-24-15-13-16-27-56(48)63-57;1-3-4-2;1-2/h1,9-10,12-23,25,27-33,35-37H,3,11,24H2,2,4-7H3;3H,1,4H2,2H3;1-2H/b12-9-,39-22+,58-41+;;. The molecule has 1 aliphatic heterocycles. The normalized spacial score (nSPS) is 13.5. The van der Waals surface area contributed by atoms with E-state index in [0.29, 0.717) is 12.2 Å². The molecule has 69 heavy (non-hydrogen) atoms. The third kappa shape index (κ3) is 10.0. The molecule has 5 nitrogen and oxygen atoms in total. The monoisotopic (exact) mass is 899 g/mol. The van der Waals surface area contributed by atoms with Gasteiger partial charge in [0.2, 0.25) is 0 Å². The Labute approximate surface area is 407 Å².